The summed E-state index contributed by atoms with van der Waals surface area (Å²) in [5, 5.41) is 28.5. The smallest absolute Gasteiger partial charge is 0.139 e. The van der Waals surface area contributed by atoms with Crippen LogP contribution in [0.1, 0.15) is 19.8 Å². The molecule has 0 radical (unpaired) electrons. The van der Waals surface area contributed by atoms with Crippen LogP contribution in [0.3, 0.4) is 0 Å². The van der Waals surface area contributed by atoms with Crippen molar-refractivity contribution in [2.45, 2.75) is 44.1 Å². The third-order valence-corrected chi connectivity index (χ3v) is 3.04. The van der Waals surface area contributed by atoms with E-state index in [1.807, 2.05) is 11.8 Å². The lowest BCUT2D eigenvalue weighted by atomic mass is 9.93. The highest BCUT2D eigenvalue weighted by atomic mass is 16.3. The van der Waals surface area contributed by atoms with Crippen molar-refractivity contribution in [3.05, 3.63) is 12.0 Å². The molecule has 0 aromatic heterocycles. The van der Waals surface area contributed by atoms with Crippen LogP contribution in [-0.2, 0) is 0 Å². The Hall–Kier alpha value is -0.740. The van der Waals surface area contributed by atoms with Crippen molar-refractivity contribution < 1.29 is 15.3 Å². The van der Waals surface area contributed by atoms with Crippen LogP contribution < -0.4 is 0 Å². The zero-order valence-corrected chi connectivity index (χ0v) is 7.59. The minimum absolute atomic E-state index is 0.0298. The highest BCUT2D eigenvalue weighted by Gasteiger charge is 2.43. The van der Waals surface area contributed by atoms with E-state index in [9.17, 15) is 15.3 Å². The zero-order chi connectivity index (χ0) is 9.59. The molecule has 3 N–H and O–H groups in total. The molecule has 0 bridgehead atoms. The Bertz CT molecular complexity index is 241. The quantitative estimate of drug-likeness (QED) is 0.496. The topological polar surface area (TPSA) is 63.9 Å². The first-order valence-electron chi connectivity index (χ1n) is 4.65. The minimum atomic E-state index is -0.919. The Morgan fingerprint density at radius 2 is 2.08 bits per heavy atom. The van der Waals surface area contributed by atoms with Gasteiger partial charge in [-0.15, -0.1) is 0 Å². The van der Waals surface area contributed by atoms with Crippen LogP contribution in [0.5, 0.6) is 0 Å². The molecule has 3 unspecified atom stereocenters. The first-order chi connectivity index (χ1) is 6.11. The van der Waals surface area contributed by atoms with Crippen LogP contribution in [0.2, 0.25) is 0 Å². The summed E-state index contributed by atoms with van der Waals surface area (Å²) in [6.45, 7) is 2.03. The van der Waals surface area contributed by atoms with E-state index in [1.54, 1.807) is 6.20 Å². The van der Waals surface area contributed by atoms with E-state index >= 15 is 0 Å². The first kappa shape index (κ1) is 8.84. The van der Waals surface area contributed by atoms with Gasteiger partial charge in [-0.05, 0) is 19.8 Å². The van der Waals surface area contributed by atoms with Crippen LogP contribution in [0.15, 0.2) is 12.0 Å². The second kappa shape index (κ2) is 2.89. The fraction of sp³-hybridized carbons (Fsp3) is 0.778. The van der Waals surface area contributed by atoms with Gasteiger partial charge in [0, 0.05) is 12.2 Å². The molecule has 2 aliphatic heterocycles. The van der Waals surface area contributed by atoms with E-state index in [0.717, 1.165) is 6.42 Å². The molecule has 4 heteroatoms. The van der Waals surface area contributed by atoms with Crippen molar-refractivity contribution in [1.29, 1.82) is 0 Å². The number of rotatable bonds is 0. The molecule has 4 atom stereocenters. The number of hydrogen-bond acceptors (Lipinski definition) is 4. The normalized spacial score (nSPS) is 44.5. The molecule has 0 aromatic carbocycles. The summed E-state index contributed by atoms with van der Waals surface area (Å²) >= 11 is 0. The van der Waals surface area contributed by atoms with Crippen molar-refractivity contribution in [2.24, 2.45) is 0 Å². The fourth-order valence-corrected chi connectivity index (χ4v) is 2.22. The van der Waals surface area contributed by atoms with Gasteiger partial charge >= 0.3 is 0 Å². The van der Waals surface area contributed by atoms with Crippen molar-refractivity contribution in [3.8, 4) is 0 Å². The van der Waals surface area contributed by atoms with Crippen LogP contribution >= 0.6 is 0 Å². The van der Waals surface area contributed by atoms with Crippen LogP contribution in [0.25, 0.3) is 0 Å². The molecule has 2 aliphatic rings. The van der Waals surface area contributed by atoms with E-state index in [2.05, 4.69) is 0 Å². The Morgan fingerprint density at radius 1 is 1.38 bits per heavy atom. The summed E-state index contributed by atoms with van der Waals surface area (Å²) in [5.74, 6) is -0.0298. The van der Waals surface area contributed by atoms with Gasteiger partial charge in [-0.1, -0.05) is 0 Å². The van der Waals surface area contributed by atoms with E-state index < -0.39 is 12.2 Å². The molecule has 0 spiro atoms. The van der Waals surface area contributed by atoms with Crippen molar-refractivity contribution in [3.63, 3.8) is 0 Å². The maximum Gasteiger partial charge on any atom is 0.139 e. The minimum Gasteiger partial charge on any atom is -0.508 e. The zero-order valence-electron chi connectivity index (χ0n) is 7.59. The van der Waals surface area contributed by atoms with E-state index in [4.69, 9.17) is 0 Å². The first-order valence-corrected chi connectivity index (χ1v) is 4.65. The number of piperidine rings is 1. The molecule has 4 nitrogen and oxygen atoms in total. The number of nitrogens with zero attached hydrogens (tertiary/aromatic N) is 1. The Balaban J connectivity index is 2.23. The van der Waals surface area contributed by atoms with Crippen LogP contribution in [0.4, 0.5) is 0 Å². The Morgan fingerprint density at radius 3 is 2.69 bits per heavy atom. The fourth-order valence-electron chi connectivity index (χ4n) is 2.22. The SMILES string of the molecule is CC1CCC(O)[C@@H]2C(O)C(O)=CN12. The summed E-state index contributed by atoms with van der Waals surface area (Å²) in [7, 11) is 0. The molecule has 0 aliphatic carbocycles. The number of aliphatic hydroxyl groups excluding tert-OH is 3. The standard InChI is InChI=1S/C9H15NO3/c1-5-2-3-6(11)8-9(13)7(12)4-10(5)8/h4-6,8-9,11-13H,2-3H2,1H3/t5?,6?,8-,9?/m1/s1. The lowest BCUT2D eigenvalue weighted by Crippen LogP contribution is -2.52. The van der Waals surface area contributed by atoms with Gasteiger partial charge in [0.25, 0.3) is 0 Å². The predicted molar refractivity (Wildman–Crippen MR) is 47.0 cm³/mol. The summed E-state index contributed by atoms with van der Waals surface area (Å²) in [6.07, 6.45) is 1.68. The maximum absolute atomic E-state index is 9.64. The molecule has 1 saturated heterocycles. The van der Waals surface area contributed by atoms with E-state index in [-0.39, 0.29) is 17.8 Å². The summed E-state index contributed by atoms with van der Waals surface area (Å²) in [6, 6.07) is -0.0588. The van der Waals surface area contributed by atoms with Gasteiger partial charge < -0.3 is 20.2 Å². The summed E-state index contributed by atoms with van der Waals surface area (Å²) in [5.41, 5.74) is 0. The van der Waals surface area contributed by atoms with Gasteiger partial charge in [0.15, 0.2) is 0 Å². The molecule has 2 rings (SSSR count). The molecule has 1 fully saturated rings. The summed E-state index contributed by atoms with van der Waals surface area (Å²) in [4.78, 5) is 1.86. The molecule has 74 valence electrons. The average Bonchev–Trinajstić information content (AvgIpc) is 2.38. The highest BCUT2D eigenvalue weighted by Crippen LogP contribution is 2.32. The number of hydrogen-bond donors (Lipinski definition) is 3. The third kappa shape index (κ3) is 1.21. The monoisotopic (exact) mass is 185 g/mol. The highest BCUT2D eigenvalue weighted by molar-refractivity contribution is 5.15. The second-order valence-electron chi connectivity index (χ2n) is 3.93. The van der Waals surface area contributed by atoms with E-state index in [0.29, 0.717) is 6.42 Å². The van der Waals surface area contributed by atoms with Gasteiger partial charge in [0.05, 0.1) is 12.1 Å². The molecule has 0 aromatic rings. The van der Waals surface area contributed by atoms with Crippen LogP contribution in [0, 0.1) is 0 Å². The Labute approximate surface area is 77.1 Å². The van der Waals surface area contributed by atoms with Crippen molar-refractivity contribution >= 4 is 0 Å². The molecule has 2 heterocycles. The predicted octanol–water partition coefficient (Wildman–Crippen LogP) is -0.0259. The number of aliphatic hydroxyl groups is 3. The van der Waals surface area contributed by atoms with Gasteiger partial charge in [-0.3, -0.25) is 0 Å². The lowest BCUT2D eigenvalue weighted by molar-refractivity contribution is -0.0308. The van der Waals surface area contributed by atoms with Gasteiger partial charge in [0.2, 0.25) is 0 Å². The largest absolute Gasteiger partial charge is 0.508 e. The molecule has 0 saturated carbocycles. The molecular formula is C9H15NO3. The van der Waals surface area contributed by atoms with Crippen LogP contribution in [-0.4, -0.2) is 44.5 Å². The molecule has 13 heavy (non-hydrogen) atoms. The molecular weight excluding hydrogens is 170 g/mol. The van der Waals surface area contributed by atoms with E-state index in [1.165, 1.54) is 0 Å². The van der Waals surface area contributed by atoms with Gasteiger partial charge in [0.1, 0.15) is 11.9 Å². The van der Waals surface area contributed by atoms with Crippen molar-refractivity contribution in [1.82, 2.24) is 4.90 Å². The third-order valence-electron chi connectivity index (χ3n) is 3.04. The summed E-state index contributed by atoms with van der Waals surface area (Å²) < 4.78 is 0. The lowest BCUT2D eigenvalue weighted by Gasteiger charge is -2.40. The average molecular weight is 185 g/mol. The maximum atomic E-state index is 9.64. The van der Waals surface area contributed by atoms with Crippen molar-refractivity contribution in [2.75, 3.05) is 0 Å². The van der Waals surface area contributed by atoms with Gasteiger partial charge in [-0.25, -0.2) is 0 Å². The second-order valence-corrected chi connectivity index (χ2v) is 3.93. The molecule has 0 amide bonds. The Kier molecular flexibility index (Phi) is 1.96. The van der Waals surface area contributed by atoms with Gasteiger partial charge in [-0.2, -0.15) is 0 Å². The number of fused-ring (bicyclic) bond motifs is 1.